The largest absolute Gasteiger partial charge is 0.326 e. The van der Waals surface area contributed by atoms with Crippen LogP contribution in [0.25, 0.3) is 22.8 Å². The minimum Gasteiger partial charge on any atom is -0.326 e. The van der Waals surface area contributed by atoms with E-state index in [1.54, 1.807) is 0 Å². The highest BCUT2D eigenvalue weighted by Crippen LogP contribution is 2.41. The fourth-order valence-electron chi connectivity index (χ4n) is 3.91. The maximum Gasteiger partial charge on any atom is 0.206 e. The molecule has 1 aromatic heterocycles. The molecule has 172 valence electrons. The summed E-state index contributed by atoms with van der Waals surface area (Å²) < 4.78 is 15.0. The molecule has 0 aliphatic carbocycles. The average Bonchev–Trinajstić information content (AvgIpc) is 2.93. The normalized spacial score (nSPS) is 11.4. The van der Waals surface area contributed by atoms with Gasteiger partial charge in [0.2, 0.25) is 12.7 Å². The van der Waals surface area contributed by atoms with Gasteiger partial charge in [-0.1, -0.05) is 115 Å². The van der Waals surface area contributed by atoms with Crippen LogP contribution in [0.3, 0.4) is 0 Å². The van der Waals surface area contributed by atoms with Crippen LogP contribution in [0.2, 0.25) is 0 Å². The number of hydrogen-bond donors (Lipinski definition) is 1. The predicted octanol–water partition coefficient (Wildman–Crippen LogP) is 4.61. The van der Waals surface area contributed by atoms with Crippen molar-refractivity contribution < 1.29 is 4.57 Å². The van der Waals surface area contributed by atoms with Crippen LogP contribution in [0.1, 0.15) is 11.1 Å². The maximum absolute atomic E-state index is 15.0. The Kier molecular flexibility index (Phi) is 6.37. The molecule has 0 unspecified atom stereocenters. The smallest absolute Gasteiger partial charge is 0.206 e. The number of hydrogen-bond acceptors (Lipinski definition) is 5. The number of benzene rings is 4. The molecule has 1 heterocycles. The van der Waals surface area contributed by atoms with Crippen LogP contribution < -0.4 is 21.9 Å². The highest BCUT2D eigenvalue weighted by Gasteiger charge is 2.34. The lowest BCUT2D eigenvalue weighted by Crippen LogP contribution is -2.30. The van der Waals surface area contributed by atoms with Crippen LogP contribution in [0, 0.1) is 6.92 Å². The van der Waals surface area contributed by atoms with Gasteiger partial charge in [-0.2, -0.15) is 0 Å². The Balaban J connectivity index is 1.78. The van der Waals surface area contributed by atoms with Crippen molar-refractivity contribution in [3.05, 3.63) is 120 Å². The third-order valence-electron chi connectivity index (χ3n) is 5.90. The van der Waals surface area contributed by atoms with Gasteiger partial charge in [-0.3, -0.25) is 0 Å². The van der Waals surface area contributed by atoms with Crippen LogP contribution in [0.15, 0.2) is 109 Å². The molecule has 0 amide bonds. The van der Waals surface area contributed by atoms with E-state index in [-0.39, 0.29) is 5.57 Å². The number of aryl methyl sites for hydroxylation is 1. The summed E-state index contributed by atoms with van der Waals surface area (Å²) in [5.74, 6) is 0.959. The lowest BCUT2D eigenvalue weighted by Gasteiger charge is -2.19. The highest BCUT2D eigenvalue weighted by atomic mass is 31.2. The van der Waals surface area contributed by atoms with Gasteiger partial charge in [0.1, 0.15) is 0 Å². The van der Waals surface area contributed by atoms with Crippen molar-refractivity contribution in [3.63, 3.8) is 0 Å². The van der Waals surface area contributed by atoms with Crippen molar-refractivity contribution >= 4 is 23.3 Å². The van der Waals surface area contributed by atoms with Crippen molar-refractivity contribution in [2.75, 3.05) is 0 Å². The minimum atomic E-state index is -3.38. The summed E-state index contributed by atoms with van der Waals surface area (Å²) in [4.78, 5) is 14.4. The summed E-state index contributed by atoms with van der Waals surface area (Å²) in [6, 6.07) is 34.7. The Morgan fingerprint density at radius 3 is 1.54 bits per heavy atom. The Hall–Kier alpha value is -3.92. The second-order valence-corrected chi connectivity index (χ2v) is 11.0. The molecule has 0 saturated heterocycles. The molecule has 2 N–H and O–H groups in total. The molecule has 0 spiro atoms. The predicted molar refractivity (Wildman–Crippen MR) is 143 cm³/mol. The van der Waals surface area contributed by atoms with Crippen LogP contribution in [0.5, 0.6) is 0 Å². The maximum atomic E-state index is 15.0. The third-order valence-corrected chi connectivity index (χ3v) is 8.72. The van der Waals surface area contributed by atoms with Gasteiger partial charge < -0.3 is 10.3 Å². The van der Waals surface area contributed by atoms with E-state index in [9.17, 15) is 4.57 Å². The molecule has 5 nitrogen and oxygen atoms in total. The van der Waals surface area contributed by atoms with E-state index >= 15 is 0 Å². The van der Waals surface area contributed by atoms with Crippen LogP contribution in [0.4, 0.5) is 0 Å². The third kappa shape index (κ3) is 4.57. The highest BCUT2D eigenvalue weighted by molar-refractivity contribution is 7.84. The van der Waals surface area contributed by atoms with Gasteiger partial charge in [0, 0.05) is 28.3 Å². The van der Waals surface area contributed by atoms with E-state index in [1.807, 2.05) is 116 Å². The molecule has 5 aromatic rings. The monoisotopic (exact) mass is 476 g/mol. The van der Waals surface area contributed by atoms with Crippen LogP contribution in [-0.4, -0.2) is 15.0 Å². The average molecular weight is 477 g/mol. The molecule has 4 aromatic carbocycles. The minimum absolute atomic E-state index is 0.262. The summed E-state index contributed by atoms with van der Waals surface area (Å²) in [6.45, 7) is 2.49. The first kappa shape index (κ1) is 22.9. The first-order valence-corrected chi connectivity index (χ1v) is 13.1. The molecule has 0 aliphatic heterocycles. The van der Waals surface area contributed by atoms with E-state index < -0.39 is 7.14 Å². The Morgan fingerprint density at radius 1 is 0.629 bits per heavy atom. The van der Waals surface area contributed by atoms with Gasteiger partial charge in [0.15, 0.2) is 11.6 Å². The Morgan fingerprint density at radius 2 is 1.09 bits per heavy atom. The van der Waals surface area contributed by atoms with Crippen molar-refractivity contribution in [2.45, 2.75) is 13.5 Å². The zero-order valence-corrected chi connectivity index (χ0v) is 20.3. The van der Waals surface area contributed by atoms with Crippen molar-refractivity contribution in [2.24, 2.45) is 5.73 Å². The fraction of sp³-hybridized carbons (Fsp3) is 0.0690. The lowest BCUT2D eigenvalue weighted by atomic mass is 10.1. The summed E-state index contributed by atoms with van der Waals surface area (Å²) >= 11 is 0. The quantitative estimate of drug-likeness (QED) is 0.362. The van der Waals surface area contributed by atoms with Crippen LogP contribution >= 0.6 is 7.14 Å². The van der Waals surface area contributed by atoms with Gasteiger partial charge in [-0.25, -0.2) is 15.0 Å². The van der Waals surface area contributed by atoms with Crippen molar-refractivity contribution in [1.82, 2.24) is 15.0 Å². The number of nitrogens with zero attached hydrogens (tertiary/aromatic N) is 3. The Bertz CT molecular complexity index is 1440. The zero-order valence-electron chi connectivity index (χ0n) is 19.4. The zero-order chi connectivity index (χ0) is 24.3. The topological polar surface area (TPSA) is 81.8 Å². The van der Waals surface area contributed by atoms with E-state index in [0.29, 0.717) is 28.8 Å². The molecular weight excluding hydrogens is 451 g/mol. The van der Waals surface area contributed by atoms with Crippen LogP contribution in [-0.2, 0) is 11.1 Å². The first-order chi connectivity index (χ1) is 17.1. The van der Waals surface area contributed by atoms with Gasteiger partial charge in [0.25, 0.3) is 0 Å². The van der Waals surface area contributed by atoms with E-state index in [1.165, 1.54) is 0 Å². The molecule has 0 radical (unpaired) electrons. The van der Waals surface area contributed by atoms with E-state index in [4.69, 9.17) is 20.7 Å². The molecule has 0 fully saturated rings. The van der Waals surface area contributed by atoms with Crippen molar-refractivity contribution in [3.8, 4) is 22.8 Å². The SMILES string of the molecule is Cc1ccc(-c2nc(-c3ccc(CN)cc3)nc(P(=O)(c3ccccc3)c3ccccc3)n2)cc1. The molecule has 0 saturated carbocycles. The molecular formula is C29H25N4OP. The summed E-state index contributed by atoms with van der Waals surface area (Å²) in [6.07, 6.45) is 0. The van der Waals surface area contributed by atoms with E-state index in [0.717, 1.165) is 22.3 Å². The molecule has 0 aliphatic rings. The van der Waals surface area contributed by atoms with Crippen molar-refractivity contribution in [1.29, 1.82) is 0 Å². The number of nitrogens with two attached hydrogens (primary N) is 1. The second kappa shape index (κ2) is 9.75. The first-order valence-electron chi connectivity index (χ1n) is 11.4. The standard InChI is InChI=1S/C29H25N4OP/c1-21-12-16-23(17-13-21)27-31-28(24-18-14-22(20-30)15-19-24)33-29(32-27)35(34,25-8-4-2-5-9-25)26-10-6-3-7-11-26/h2-19H,20,30H2,1H3. The van der Waals surface area contributed by atoms with Gasteiger partial charge in [0.05, 0.1) is 0 Å². The summed E-state index contributed by atoms with van der Waals surface area (Å²) in [7, 11) is -3.38. The molecule has 6 heteroatoms. The van der Waals surface area contributed by atoms with E-state index in [2.05, 4.69) is 0 Å². The number of rotatable bonds is 6. The Labute approximate surface area is 205 Å². The molecule has 5 rings (SSSR count). The summed E-state index contributed by atoms with van der Waals surface area (Å²) in [5, 5.41) is 1.35. The fourth-order valence-corrected chi connectivity index (χ4v) is 6.33. The molecule has 0 atom stereocenters. The summed E-state index contributed by atoms with van der Waals surface area (Å²) in [5.41, 5.74) is 9.85. The second-order valence-electron chi connectivity index (χ2n) is 8.33. The molecule has 35 heavy (non-hydrogen) atoms. The number of aromatic nitrogens is 3. The lowest BCUT2D eigenvalue weighted by molar-refractivity contribution is 0.591. The molecule has 0 bridgehead atoms. The van der Waals surface area contributed by atoms with Gasteiger partial charge >= 0.3 is 0 Å². The van der Waals surface area contributed by atoms with Gasteiger partial charge in [-0.05, 0) is 12.5 Å². The van der Waals surface area contributed by atoms with Gasteiger partial charge in [-0.15, -0.1) is 0 Å².